The maximum Gasteiger partial charge on any atom is 0.193 e. The number of hydrogen-bond acceptors (Lipinski definition) is 4. The number of para-hydroxylation sites is 1. The molecule has 158 valence electrons. The minimum absolute atomic E-state index is 0. The Balaban J connectivity index is 0.00000256. The van der Waals surface area contributed by atoms with E-state index in [1.807, 2.05) is 54.5 Å². The van der Waals surface area contributed by atoms with Crippen LogP contribution in [-0.4, -0.2) is 65.4 Å². The second-order valence-corrected chi connectivity index (χ2v) is 7.01. The zero-order chi connectivity index (χ0) is 19.9. The van der Waals surface area contributed by atoms with E-state index in [1.54, 1.807) is 0 Å². The van der Waals surface area contributed by atoms with Crippen molar-refractivity contribution < 1.29 is 0 Å². The Bertz CT molecular complexity index is 919. The van der Waals surface area contributed by atoms with Crippen molar-refractivity contribution in [3.63, 3.8) is 0 Å². The van der Waals surface area contributed by atoms with Crippen LogP contribution >= 0.6 is 24.0 Å². The molecule has 1 aliphatic rings. The Morgan fingerprint density at radius 3 is 2.50 bits per heavy atom. The quantitative estimate of drug-likeness (QED) is 0.321. The maximum atomic E-state index is 4.47. The summed E-state index contributed by atoms with van der Waals surface area (Å²) in [5, 5.41) is 7.96. The zero-order valence-corrected chi connectivity index (χ0v) is 19.5. The zero-order valence-electron chi connectivity index (χ0n) is 17.2. The van der Waals surface area contributed by atoms with Crippen LogP contribution in [0.15, 0.2) is 72.1 Å². The minimum Gasteiger partial charge on any atom is -0.356 e. The summed E-state index contributed by atoms with van der Waals surface area (Å²) < 4.78 is 1.92. The van der Waals surface area contributed by atoms with Gasteiger partial charge in [0.25, 0.3) is 0 Å². The first-order valence-electron chi connectivity index (χ1n) is 10.0. The summed E-state index contributed by atoms with van der Waals surface area (Å²) in [5.41, 5.74) is 2.28. The smallest absolute Gasteiger partial charge is 0.193 e. The van der Waals surface area contributed by atoms with Gasteiger partial charge in [-0.1, -0.05) is 24.3 Å². The topological polar surface area (TPSA) is 61.6 Å². The van der Waals surface area contributed by atoms with E-state index in [4.69, 9.17) is 0 Å². The Morgan fingerprint density at radius 2 is 1.80 bits per heavy atom. The second-order valence-electron chi connectivity index (χ2n) is 7.01. The first kappa shape index (κ1) is 22.1. The summed E-state index contributed by atoms with van der Waals surface area (Å²) >= 11 is 0. The van der Waals surface area contributed by atoms with E-state index >= 15 is 0 Å². The predicted molar refractivity (Wildman–Crippen MR) is 132 cm³/mol. The number of anilines is 1. The molecule has 0 atom stereocenters. The molecule has 1 fully saturated rings. The molecule has 1 saturated heterocycles. The summed E-state index contributed by atoms with van der Waals surface area (Å²) in [6.07, 6.45) is 6.77. The van der Waals surface area contributed by atoms with E-state index in [-0.39, 0.29) is 24.0 Å². The SMILES string of the molecule is CN=C(NCCc1cnn(-c2ccccc2)c1)N1CCN(c2ccccn2)CC1.I. The van der Waals surface area contributed by atoms with Crippen LogP contribution in [0, 0.1) is 0 Å². The highest BCUT2D eigenvalue weighted by atomic mass is 127. The monoisotopic (exact) mass is 517 g/mol. The van der Waals surface area contributed by atoms with Gasteiger partial charge in [-0.3, -0.25) is 4.99 Å². The van der Waals surface area contributed by atoms with Gasteiger partial charge in [0.15, 0.2) is 5.96 Å². The Morgan fingerprint density at radius 1 is 1.03 bits per heavy atom. The van der Waals surface area contributed by atoms with Crippen LogP contribution in [-0.2, 0) is 6.42 Å². The van der Waals surface area contributed by atoms with Crippen molar-refractivity contribution in [2.24, 2.45) is 4.99 Å². The molecule has 0 aliphatic carbocycles. The lowest BCUT2D eigenvalue weighted by atomic mass is 10.2. The van der Waals surface area contributed by atoms with Gasteiger partial charge in [-0.05, 0) is 36.2 Å². The molecule has 0 spiro atoms. The number of rotatable bonds is 5. The van der Waals surface area contributed by atoms with Gasteiger partial charge in [-0.25, -0.2) is 9.67 Å². The van der Waals surface area contributed by atoms with E-state index in [0.29, 0.717) is 0 Å². The largest absolute Gasteiger partial charge is 0.356 e. The van der Waals surface area contributed by atoms with Gasteiger partial charge in [0.1, 0.15) is 5.82 Å². The number of guanidine groups is 1. The van der Waals surface area contributed by atoms with Gasteiger partial charge >= 0.3 is 0 Å². The summed E-state index contributed by atoms with van der Waals surface area (Å²) in [5.74, 6) is 2.01. The second kappa shape index (κ2) is 11.0. The van der Waals surface area contributed by atoms with Crippen molar-refractivity contribution in [2.75, 3.05) is 44.7 Å². The Labute approximate surface area is 194 Å². The van der Waals surface area contributed by atoms with Crippen molar-refractivity contribution >= 4 is 35.8 Å². The van der Waals surface area contributed by atoms with Crippen molar-refractivity contribution in [3.8, 4) is 5.69 Å². The number of pyridine rings is 1. The molecule has 0 bridgehead atoms. The van der Waals surface area contributed by atoms with Crippen LogP contribution in [0.25, 0.3) is 5.69 Å². The average molecular weight is 517 g/mol. The standard InChI is InChI=1S/C22H27N7.HI/c1-23-22(28-15-13-27(14-16-28)21-9-5-6-11-24-21)25-12-10-19-17-26-29(18-19)20-7-3-2-4-8-20;/h2-9,11,17-18H,10,12-16H2,1H3,(H,23,25);1H. The molecule has 0 unspecified atom stereocenters. The number of halogens is 1. The lowest BCUT2D eigenvalue weighted by Crippen LogP contribution is -2.53. The molecule has 30 heavy (non-hydrogen) atoms. The molecule has 2 aromatic heterocycles. The number of benzene rings is 1. The van der Waals surface area contributed by atoms with Crippen molar-refractivity contribution in [1.82, 2.24) is 25.0 Å². The molecule has 3 aromatic rings. The molecule has 1 aromatic carbocycles. The van der Waals surface area contributed by atoms with Gasteiger partial charge in [0.05, 0.1) is 11.9 Å². The van der Waals surface area contributed by atoms with E-state index in [0.717, 1.165) is 56.6 Å². The summed E-state index contributed by atoms with van der Waals surface area (Å²) in [6.45, 7) is 4.58. The molecule has 0 saturated carbocycles. The number of aromatic nitrogens is 3. The van der Waals surface area contributed by atoms with Crippen LogP contribution < -0.4 is 10.2 Å². The van der Waals surface area contributed by atoms with Crippen LogP contribution in [0.3, 0.4) is 0 Å². The normalized spacial score (nSPS) is 14.4. The average Bonchev–Trinajstić information content (AvgIpc) is 3.27. The number of piperazine rings is 1. The molecular formula is C22H28IN7. The number of aliphatic imine (C=N–C) groups is 1. The highest BCUT2D eigenvalue weighted by molar-refractivity contribution is 14.0. The predicted octanol–water partition coefficient (Wildman–Crippen LogP) is 2.83. The fourth-order valence-corrected chi connectivity index (χ4v) is 3.55. The molecular weight excluding hydrogens is 489 g/mol. The Kier molecular flexibility index (Phi) is 8.06. The number of nitrogens with zero attached hydrogens (tertiary/aromatic N) is 6. The van der Waals surface area contributed by atoms with E-state index in [9.17, 15) is 0 Å². The van der Waals surface area contributed by atoms with Crippen LogP contribution in [0.5, 0.6) is 0 Å². The third-order valence-corrected chi connectivity index (χ3v) is 5.12. The minimum atomic E-state index is 0. The van der Waals surface area contributed by atoms with Crippen LogP contribution in [0.4, 0.5) is 5.82 Å². The molecule has 0 radical (unpaired) electrons. The molecule has 1 N–H and O–H groups in total. The van der Waals surface area contributed by atoms with Gasteiger partial charge < -0.3 is 15.1 Å². The van der Waals surface area contributed by atoms with Crippen molar-refractivity contribution in [3.05, 3.63) is 72.7 Å². The molecule has 4 rings (SSSR count). The van der Waals surface area contributed by atoms with Crippen LogP contribution in [0.1, 0.15) is 5.56 Å². The number of hydrogen-bond donors (Lipinski definition) is 1. The molecule has 7 nitrogen and oxygen atoms in total. The molecule has 8 heteroatoms. The van der Waals surface area contributed by atoms with Gasteiger partial charge in [-0.2, -0.15) is 5.10 Å². The van der Waals surface area contributed by atoms with Crippen LogP contribution in [0.2, 0.25) is 0 Å². The first-order chi connectivity index (χ1) is 14.3. The summed E-state index contributed by atoms with van der Waals surface area (Å²) in [6, 6.07) is 16.2. The van der Waals surface area contributed by atoms with Crippen molar-refractivity contribution in [2.45, 2.75) is 6.42 Å². The van der Waals surface area contributed by atoms with Gasteiger partial charge in [0, 0.05) is 52.2 Å². The fraction of sp³-hybridized carbons (Fsp3) is 0.318. The molecule has 1 aliphatic heterocycles. The third kappa shape index (κ3) is 5.50. The summed E-state index contributed by atoms with van der Waals surface area (Å²) in [4.78, 5) is 13.6. The van der Waals surface area contributed by atoms with E-state index in [2.05, 4.69) is 54.6 Å². The maximum absolute atomic E-state index is 4.47. The molecule has 3 heterocycles. The number of nitrogens with one attached hydrogen (secondary N) is 1. The van der Waals surface area contributed by atoms with E-state index < -0.39 is 0 Å². The Hall–Kier alpha value is -2.62. The van der Waals surface area contributed by atoms with E-state index in [1.165, 1.54) is 5.56 Å². The third-order valence-electron chi connectivity index (χ3n) is 5.12. The van der Waals surface area contributed by atoms with Crippen molar-refractivity contribution in [1.29, 1.82) is 0 Å². The van der Waals surface area contributed by atoms with Gasteiger partial charge in [0.2, 0.25) is 0 Å². The summed E-state index contributed by atoms with van der Waals surface area (Å²) in [7, 11) is 1.85. The fourth-order valence-electron chi connectivity index (χ4n) is 3.55. The highest BCUT2D eigenvalue weighted by Gasteiger charge is 2.20. The lowest BCUT2D eigenvalue weighted by molar-refractivity contribution is 0.372. The highest BCUT2D eigenvalue weighted by Crippen LogP contribution is 2.12. The molecule has 0 amide bonds. The van der Waals surface area contributed by atoms with Gasteiger partial charge in [-0.15, -0.1) is 24.0 Å². The lowest BCUT2D eigenvalue weighted by Gasteiger charge is -2.37. The first-order valence-corrected chi connectivity index (χ1v) is 10.0.